The van der Waals surface area contributed by atoms with E-state index in [0.717, 1.165) is 6.21 Å². The lowest BCUT2D eigenvalue weighted by Gasteiger charge is -2.04. The Morgan fingerprint density at radius 2 is 2.06 bits per heavy atom. The molecule has 0 radical (unpaired) electrons. The fraction of sp³-hybridized carbons (Fsp3) is 0. The van der Waals surface area contributed by atoms with Crippen molar-refractivity contribution in [1.82, 2.24) is 4.98 Å². The van der Waals surface area contributed by atoms with Gasteiger partial charge in [-0.1, -0.05) is 0 Å². The molecule has 0 aromatic carbocycles. The first-order chi connectivity index (χ1) is 7.69. The molecule has 0 fully saturated rings. The number of hydrogen-bond donors (Lipinski definition) is 2. The largest absolute Gasteiger partial charge is 0.877 e. The van der Waals surface area contributed by atoms with Crippen LogP contribution in [0.4, 0.5) is 0 Å². The number of pyridine rings is 1. The number of aromatic nitrogens is 1. The average Bonchev–Trinajstić information content (AvgIpc) is 2.31. The molecule has 1 aromatic heterocycles. The number of hydrogen-bond acceptors (Lipinski definition) is 4. The van der Waals surface area contributed by atoms with Crippen LogP contribution in [-0.2, 0) is 4.79 Å². The van der Waals surface area contributed by atoms with Gasteiger partial charge in [0, 0.05) is 29.8 Å². The molecular weight excluding hydrogens is 206 g/mol. The van der Waals surface area contributed by atoms with Crippen molar-refractivity contribution in [2.24, 2.45) is 5.73 Å². The van der Waals surface area contributed by atoms with Crippen LogP contribution in [-0.4, -0.2) is 17.1 Å². The van der Waals surface area contributed by atoms with Crippen LogP contribution in [0.2, 0.25) is 0 Å². The van der Waals surface area contributed by atoms with E-state index in [1.54, 1.807) is 24.5 Å². The normalized spacial score (nSPS) is 12.2. The Hall–Kier alpha value is -2.43. The second-order valence-electron chi connectivity index (χ2n) is 2.92. The van der Waals surface area contributed by atoms with Crippen LogP contribution >= 0.6 is 0 Å². The number of rotatable bonds is 4. The summed E-state index contributed by atoms with van der Waals surface area (Å²) in [5.41, 5.74) is 5.92. The molecule has 1 aromatic rings. The Labute approximate surface area is 92.4 Å². The molecule has 0 aliphatic carbocycles. The number of primary amides is 1. The third-order valence-electron chi connectivity index (χ3n) is 1.89. The third-order valence-corrected chi connectivity index (χ3v) is 1.89. The SMILES string of the molecule is N=CC(=CC(=C[O-])C(N)=O)c1ccncc1. The quantitative estimate of drug-likeness (QED) is 0.316. The van der Waals surface area contributed by atoms with Gasteiger partial charge in [0.25, 0.3) is 0 Å². The second-order valence-corrected chi connectivity index (χ2v) is 2.92. The van der Waals surface area contributed by atoms with Gasteiger partial charge in [-0.05, 0) is 23.8 Å². The Kier molecular flexibility index (Phi) is 3.97. The number of nitrogens with one attached hydrogen (secondary N) is 1. The fourth-order valence-corrected chi connectivity index (χ4v) is 1.08. The monoisotopic (exact) mass is 216 g/mol. The molecule has 1 heterocycles. The first-order valence-electron chi connectivity index (χ1n) is 4.43. The lowest BCUT2D eigenvalue weighted by molar-refractivity contribution is -0.275. The number of amides is 1. The van der Waals surface area contributed by atoms with Crippen LogP contribution in [0.1, 0.15) is 5.56 Å². The molecule has 0 aliphatic rings. The lowest BCUT2D eigenvalue weighted by Crippen LogP contribution is -2.15. The minimum absolute atomic E-state index is 0.171. The summed E-state index contributed by atoms with van der Waals surface area (Å²) in [6, 6.07) is 3.33. The summed E-state index contributed by atoms with van der Waals surface area (Å²) >= 11 is 0. The van der Waals surface area contributed by atoms with Crippen molar-refractivity contribution in [1.29, 1.82) is 5.41 Å². The number of carbonyl (C=O) groups excluding carboxylic acids is 1. The fourth-order valence-electron chi connectivity index (χ4n) is 1.08. The summed E-state index contributed by atoms with van der Waals surface area (Å²) in [5, 5.41) is 17.8. The maximum absolute atomic E-state index is 10.8. The van der Waals surface area contributed by atoms with E-state index in [-0.39, 0.29) is 5.57 Å². The van der Waals surface area contributed by atoms with Crippen LogP contribution < -0.4 is 10.8 Å². The Balaban J connectivity index is 3.13. The molecule has 1 amide bonds. The van der Waals surface area contributed by atoms with Crippen LogP contribution in [0.3, 0.4) is 0 Å². The van der Waals surface area contributed by atoms with Crippen LogP contribution in [0, 0.1) is 5.41 Å². The summed E-state index contributed by atoms with van der Waals surface area (Å²) in [6.07, 6.45) is 5.79. The summed E-state index contributed by atoms with van der Waals surface area (Å²) < 4.78 is 0. The van der Waals surface area contributed by atoms with Gasteiger partial charge in [-0.25, -0.2) is 0 Å². The van der Waals surface area contributed by atoms with E-state index in [4.69, 9.17) is 11.1 Å². The molecule has 5 nitrogen and oxygen atoms in total. The first kappa shape index (κ1) is 11.6. The molecule has 16 heavy (non-hydrogen) atoms. The van der Waals surface area contributed by atoms with Crippen molar-refractivity contribution >= 4 is 17.7 Å². The third kappa shape index (κ3) is 2.78. The van der Waals surface area contributed by atoms with Crippen molar-refractivity contribution < 1.29 is 9.90 Å². The molecule has 0 saturated carbocycles. The molecule has 1 rings (SSSR count). The van der Waals surface area contributed by atoms with Crippen molar-refractivity contribution in [2.45, 2.75) is 0 Å². The van der Waals surface area contributed by atoms with Crippen molar-refractivity contribution in [3.05, 3.63) is 48.0 Å². The molecule has 0 spiro atoms. The highest BCUT2D eigenvalue weighted by molar-refractivity contribution is 6.11. The molecule has 0 atom stereocenters. The number of nitrogens with zero attached hydrogens (tertiary/aromatic N) is 1. The Bertz CT molecular complexity index is 450. The van der Waals surface area contributed by atoms with Gasteiger partial charge in [0.2, 0.25) is 5.91 Å². The molecule has 3 N–H and O–H groups in total. The van der Waals surface area contributed by atoms with E-state index >= 15 is 0 Å². The van der Waals surface area contributed by atoms with Gasteiger partial charge in [0.15, 0.2) is 0 Å². The van der Waals surface area contributed by atoms with E-state index < -0.39 is 5.91 Å². The summed E-state index contributed by atoms with van der Waals surface area (Å²) in [7, 11) is 0. The van der Waals surface area contributed by atoms with E-state index in [1.165, 1.54) is 6.08 Å². The van der Waals surface area contributed by atoms with Crippen LogP contribution in [0.5, 0.6) is 0 Å². The average molecular weight is 216 g/mol. The van der Waals surface area contributed by atoms with Crippen molar-refractivity contribution in [3.8, 4) is 0 Å². The zero-order valence-corrected chi connectivity index (χ0v) is 8.38. The van der Waals surface area contributed by atoms with Gasteiger partial charge < -0.3 is 16.2 Å². The minimum Gasteiger partial charge on any atom is -0.877 e. The van der Waals surface area contributed by atoms with Crippen LogP contribution in [0.25, 0.3) is 5.57 Å². The van der Waals surface area contributed by atoms with E-state index in [0.29, 0.717) is 17.4 Å². The van der Waals surface area contributed by atoms with Crippen LogP contribution in [0.15, 0.2) is 42.4 Å². The molecule has 0 unspecified atom stereocenters. The molecule has 0 saturated heterocycles. The standard InChI is InChI=1S/C11H11N3O2/c12-6-9(5-10(7-15)11(13)16)8-1-3-14-4-2-8/h1-7,12,15H,(H2,13,16)/p-1. The topological polar surface area (TPSA) is 103 Å². The maximum atomic E-state index is 10.8. The Morgan fingerprint density at radius 3 is 2.50 bits per heavy atom. The van der Waals surface area contributed by atoms with Crippen molar-refractivity contribution in [3.63, 3.8) is 0 Å². The molecule has 0 aliphatic heterocycles. The zero-order valence-electron chi connectivity index (χ0n) is 8.38. The zero-order chi connectivity index (χ0) is 12.0. The first-order valence-corrected chi connectivity index (χ1v) is 4.43. The van der Waals surface area contributed by atoms with E-state index in [9.17, 15) is 9.90 Å². The van der Waals surface area contributed by atoms with Gasteiger partial charge in [-0.15, -0.1) is 6.26 Å². The van der Waals surface area contributed by atoms with Gasteiger partial charge in [0.05, 0.1) is 0 Å². The predicted octanol–water partition coefficient (Wildman–Crippen LogP) is -0.156. The summed E-state index contributed by atoms with van der Waals surface area (Å²) in [5.74, 6) is -0.816. The highest BCUT2D eigenvalue weighted by atomic mass is 16.2. The van der Waals surface area contributed by atoms with Gasteiger partial charge in [-0.2, -0.15) is 0 Å². The number of nitrogens with two attached hydrogens (primary N) is 1. The number of carbonyl (C=O) groups is 1. The molecule has 82 valence electrons. The minimum atomic E-state index is -0.816. The van der Waals surface area contributed by atoms with E-state index in [2.05, 4.69) is 4.98 Å². The highest BCUT2D eigenvalue weighted by Crippen LogP contribution is 2.13. The van der Waals surface area contributed by atoms with Gasteiger partial charge >= 0.3 is 0 Å². The van der Waals surface area contributed by atoms with Gasteiger partial charge in [0.1, 0.15) is 0 Å². The Morgan fingerprint density at radius 1 is 1.44 bits per heavy atom. The number of allylic oxidation sites excluding steroid dienone is 1. The molecular formula is C11H10N3O2-. The summed E-state index contributed by atoms with van der Waals surface area (Å²) in [6.45, 7) is 0. The highest BCUT2D eigenvalue weighted by Gasteiger charge is 2.02. The summed E-state index contributed by atoms with van der Waals surface area (Å²) in [4.78, 5) is 14.7. The predicted molar refractivity (Wildman–Crippen MR) is 58.3 cm³/mol. The maximum Gasteiger partial charge on any atom is 0.247 e. The van der Waals surface area contributed by atoms with Crippen molar-refractivity contribution in [2.75, 3.05) is 0 Å². The van der Waals surface area contributed by atoms with Gasteiger partial charge in [-0.3, -0.25) is 9.78 Å². The second kappa shape index (κ2) is 5.45. The smallest absolute Gasteiger partial charge is 0.247 e. The molecule has 0 bridgehead atoms. The lowest BCUT2D eigenvalue weighted by atomic mass is 10.1. The van der Waals surface area contributed by atoms with E-state index in [1.807, 2.05) is 0 Å². The molecule has 5 heteroatoms.